The van der Waals surface area contributed by atoms with Crippen LogP contribution in [0, 0.1) is 11.8 Å². The zero-order chi connectivity index (χ0) is 14.1. The molecule has 1 amide bonds. The van der Waals surface area contributed by atoms with E-state index >= 15 is 0 Å². The van der Waals surface area contributed by atoms with Crippen LogP contribution in [0.3, 0.4) is 0 Å². The first-order chi connectivity index (χ1) is 9.66. The van der Waals surface area contributed by atoms with Crippen LogP contribution in [0.2, 0.25) is 0 Å². The van der Waals surface area contributed by atoms with Crippen LogP contribution >= 0.6 is 11.6 Å². The largest absolute Gasteiger partial charge is 0.491 e. The zero-order valence-electron chi connectivity index (χ0n) is 11.7. The third kappa shape index (κ3) is 2.51. The SMILES string of the molecule is CC1CCCC1C(Cl)c1ccc2c(c1)C(=O)NCCO2. The van der Waals surface area contributed by atoms with E-state index in [2.05, 4.69) is 12.2 Å². The number of hydrogen-bond acceptors (Lipinski definition) is 2. The summed E-state index contributed by atoms with van der Waals surface area (Å²) in [6, 6.07) is 5.78. The van der Waals surface area contributed by atoms with Gasteiger partial charge in [-0.25, -0.2) is 0 Å². The summed E-state index contributed by atoms with van der Waals surface area (Å²) >= 11 is 6.67. The summed E-state index contributed by atoms with van der Waals surface area (Å²) in [5.74, 6) is 1.75. The highest BCUT2D eigenvalue weighted by molar-refractivity contribution is 6.21. The van der Waals surface area contributed by atoms with Crippen molar-refractivity contribution in [2.75, 3.05) is 13.2 Å². The third-order valence-electron chi connectivity index (χ3n) is 4.52. The van der Waals surface area contributed by atoms with Crippen molar-refractivity contribution in [2.24, 2.45) is 11.8 Å². The molecular formula is C16H20ClNO2. The molecule has 0 radical (unpaired) electrons. The monoisotopic (exact) mass is 293 g/mol. The van der Waals surface area contributed by atoms with Crippen LogP contribution in [0.1, 0.15) is 47.5 Å². The Hall–Kier alpha value is -1.22. The van der Waals surface area contributed by atoms with Crippen LogP contribution in [0.5, 0.6) is 5.75 Å². The van der Waals surface area contributed by atoms with Crippen molar-refractivity contribution < 1.29 is 9.53 Å². The topological polar surface area (TPSA) is 38.3 Å². The summed E-state index contributed by atoms with van der Waals surface area (Å²) in [4.78, 5) is 12.0. The summed E-state index contributed by atoms with van der Waals surface area (Å²) in [6.45, 7) is 3.33. The Bertz CT molecular complexity index is 517. The van der Waals surface area contributed by atoms with Gasteiger partial charge in [0, 0.05) is 0 Å². The molecule has 1 fully saturated rings. The van der Waals surface area contributed by atoms with Gasteiger partial charge in [0.05, 0.1) is 17.5 Å². The second-order valence-electron chi connectivity index (χ2n) is 5.83. The van der Waals surface area contributed by atoms with Gasteiger partial charge in [-0.1, -0.05) is 25.8 Å². The van der Waals surface area contributed by atoms with Crippen molar-refractivity contribution in [1.29, 1.82) is 0 Å². The van der Waals surface area contributed by atoms with Crippen molar-refractivity contribution >= 4 is 17.5 Å². The van der Waals surface area contributed by atoms with E-state index < -0.39 is 0 Å². The van der Waals surface area contributed by atoms with E-state index in [1.165, 1.54) is 19.3 Å². The molecule has 1 aromatic carbocycles. The van der Waals surface area contributed by atoms with E-state index in [9.17, 15) is 4.79 Å². The van der Waals surface area contributed by atoms with Gasteiger partial charge in [0.15, 0.2) is 0 Å². The van der Waals surface area contributed by atoms with Gasteiger partial charge < -0.3 is 10.1 Å². The number of hydrogen-bond donors (Lipinski definition) is 1. The molecule has 3 nitrogen and oxygen atoms in total. The number of ether oxygens (including phenoxy) is 1. The van der Waals surface area contributed by atoms with Crippen molar-refractivity contribution in [3.63, 3.8) is 0 Å². The minimum Gasteiger partial charge on any atom is -0.491 e. The highest BCUT2D eigenvalue weighted by Gasteiger charge is 2.31. The molecule has 108 valence electrons. The predicted molar refractivity (Wildman–Crippen MR) is 79.4 cm³/mol. The molecule has 1 aliphatic carbocycles. The summed E-state index contributed by atoms with van der Waals surface area (Å²) in [5.41, 5.74) is 1.64. The van der Waals surface area contributed by atoms with Gasteiger partial charge in [0.2, 0.25) is 0 Å². The second kappa shape index (κ2) is 5.65. The number of carbonyl (C=O) groups excluding carboxylic acids is 1. The number of benzene rings is 1. The molecule has 4 heteroatoms. The molecule has 3 rings (SSSR count). The van der Waals surface area contributed by atoms with Crippen LogP contribution in [0.4, 0.5) is 0 Å². The van der Waals surface area contributed by atoms with Crippen LogP contribution in [0.15, 0.2) is 18.2 Å². The third-order valence-corrected chi connectivity index (χ3v) is 5.09. The minimum absolute atomic E-state index is 0.0196. The zero-order valence-corrected chi connectivity index (χ0v) is 12.5. The molecule has 20 heavy (non-hydrogen) atoms. The van der Waals surface area contributed by atoms with E-state index in [0.29, 0.717) is 36.3 Å². The first-order valence-corrected chi connectivity index (χ1v) is 7.79. The summed E-state index contributed by atoms with van der Waals surface area (Å²) < 4.78 is 5.57. The van der Waals surface area contributed by atoms with E-state index in [0.717, 1.165) is 5.56 Å². The molecule has 1 aliphatic heterocycles. The molecule has 1 saturated carbocycles. The predicted octanol–water partition coefficient (Wildman–Crippen LogP) is 3.52. The Morgan fingerprint density at radius 1 is 1.40 bits per heavy atom. The second-order valence-corrected chi connectivity index (χ2v) is 6.30. The molecule has 1 heterocycles. The number of carbonyl (C=O) groups is 1. The fraction of sp³-hybridized carbons (Fsp3) is 0.562. The molecular weight excluding hydrogens is 274 g/mol. The number of alkyl halides is 1. The average Bonchev–Trinajstić information content (AvgIpc) is 2.79. The van der Waals surface area contributed by atoms with Gasteiger partial charge in [-0.3, -0.25) is 4.79 Å². The van der Waals surface area contributed by atoms with E-state index in [4.69, 9.17) is 16.3 Å². The normalized spacial score (nSPS) is 27.2. The fourth-order valence-corrected chi connectivity index (χ4v) is 3.81. The van der Waals surface area contributed by atoms with Gasteiger partial charge in [0.1, 0.15) is 12.4 Å². The lowest BCUT2D eigenvalue weighted by Gasteiger charge is -2.22. The Labute approximate surface area is 124 Å². The maximum Gasteiger partial charge on any atom is 0.255 e. The Kier molecular flexibility index (Phi) is 3.88. The summed E-state index contributed by atoms with van der Waals surface area (Å²) in [7, 11) is 0. The maximum absolute atomic E-state index is 12.0. The summed E-state index contributed by atoms with van der Waals surface area (Å²) in [6.07, 6.45) is 3.68. The quantitative estimate of drug-likeness (QED) is 0.847. The Morgan fingerprint density at radius 3 is 3.00 bits per heavy atom. The van der Waals surface area contributed by atoms with Gasteiger partial charge in [-0.2, -0.15) is 0 Å². The molecule has 1 N–H and O–H groups in total. The van der Waals surface area contributed by atoms with Crippen LogP contribution < -0.4 is 10.1 Å². The first-order valence-electron chi connectivity index (χ1n) is 7.36. The molecule has 3 unspecified atom stereocenters. The molecule has 1 aromatic rings. The maximum atomic E-state index is 12.0. The number of fused-ring (bicyclic) bond motifs is 1. The van der Waals surface area contributed by atoms with Crippen molar-refractivity contribution in [3.8, 4) is 5.75 Å². The van der Waals surface area contributed by atoms with Crippen LogP contribution in [0.25, 0.3) is 0 Å². The Balaban J connectivity index is 1.89. The van der Waals surface area contributed by atoms with Gasteiger partial charge in [0.25, 0.3) is 5.91 Å². The van der Waals surface area contributed by atoms with E-state index in [-0.39, 0.29) is 11.3 Å². The first kappa shape index (κ1) is 13.7. The molecule has 0 saturated heterocycles. The number of rotatable bonds is 2. The lowest BCUT2D eigenvalue weighted by Crippen LogP contribution is -2.24. The van der Waals surface area contributed by atoms with Gasteiger partial charge in [-0.15, -0.1) is 11.6 Å². The van der Waals surface area contributed by atoms with E-state index in [1.54, 1.807) is 0 Å². The van der Waals surface area contributed by atoms with Gasteiger partial charge in [-0.05, 0) is 36.0 Å². The number of amides is 1. The Morgan fingerprint density at radius 2 is 2.25 bits per heavy atom. The average molecular weight is 294 g/mol. The standard InChI is InChI=1S/C16H20ClNO2/c1-10-3-2-4-12(10)15(17)11-5-6-14-13(9-11)16(19)18-7-8-20-14/h5-6,9-10,12,15H,2-4,7-8H2,1H3,(H,18,19). The minimum atomic E-state index is -0.0670. The van der Waals surface area contributed by atoms with E-state index in [1.807, 2.05) is 18.2 Å². The number of nitrogens with one attached hydrogen (secondary N) is 1. The van der Waals surface area contributed by atoms with Crippen molar-refractivity contribution in [3.05, 3.63) is 29.3 Å². The molecule has 0 bridgehead atoms. The van der Waals surface area contributed by atoms with Crippen LogP contribution in [-0.4, -0.2) is 19.1 Å². The number of halogens is 1. The lowest BCUT2D eigenvalue weighted by atomic mass is 9.89. The lowest BCUT2D eigenvalue weighted by molar-refractivity contribution is 0.0957. The molecule has 3 atom stereocenters. The molecule has 0 aromatic heterocycles. The van der Waals surface area contributed by atoms with Crippen molar-refractivity contribution in [2.45, 2.75) is 31.6 Å². The summed E-state index contributed by atoms with van der Waals surface area (Å²) in [5, 5.41) is 2.82. The fourth-order valence-electron chi connectivity index (χ4n) is 3.30. The highest BCUT2D eigenvalue weighted by atomic mass is 35.5. The smallest absolute Gasteiger partial charge is 0.255 e. The molecule has 2 aliphatic rings. The molecule has 0 spiro atoms. The van der Waals surface area contributed by atoms with Crippen molar-refractivity contribution in [1.82, 2.24) is 5.32 Å². The van der Waals surface area contributed by atoms with Crippen LogP contribution in [-0.2, 0) is 0 Å². The van der Waals surface area contributed by atoms with Gasteiger partial charge >= 0.3 is 0 Å². The highest BCUT2D eigenvalue weighted by Crippen LogP contribution is 2.44.